The summed E-state index contributed by atoms with van der Waals surface area (Å²) < 4.78 is 2.12. The fourth-order valence-electron chi connectivity index (χ4n) is 2.95. The molecule has 0 aliphatic carbocycles. The van der Waals surface area contributed by atoms with Gasteiger partial charge in [0.25, 0.3) is 0 Å². The van der Waals surface area contributed by atoms with Crippen LogP contribution in [0.3, 0.4) is 0 Å². The highest BCUT2D eigenvalue weighted by Gasteiger charge is 2.19. The molecule has 3 heteroatoms. The monoisotopic (exact) mass is 311 g/mol. The highest BCUT2D eigenvalue weighted by molar-refractivity contribution is 5.81. The van der Waals surface area contributed by atoms with E-state index in [0.29, 0.717) is 0 Å². The van der Waals surface area contributed by atoms with Crippen molar-refractivity contribution in [1.29, 1.82) is 0 Å². The molecule has 0 spiro atoms. The Kier molecular flexibility index (Phi) is 3.67. The van der Waals surface area contributed by atoms with Crippen LogP contribution in [-0.2, 0) is 7.05 Å². The quantitative estimate of drug-likeness (QED) is 0.543. The molecule has 2 aromatic heterocycles. The normalized spacial score (nSPS) is 10.7. The number of hydrogen-bond acceptors (Lipinski definition) is 2. The van der Waals surface area contributed by atoms with Gasteiger partial charge in [0.2, 0.25) is 0 Å². The second kappa shape index (κ2) is 6.13. The predicted octanol–water partition coefficient (Wildman–Crippen LogP) is 4.82. The van der Waals surface area contributed by atoms with Crippen molar-refractivity contribution in [2.24, 2.45) is 7.05 Å². The molecular weight excluding hydrogens is 294 g/mol. The van der Waals surface area contributed by atoms with Crippen LogP contribution in [0.1, 0.15) is 0 Å². The minimum Gasteiger partial charge on any atom is -0.325 e. The first-order valence-corrected chi connectivity index (χ1v) is 7.93. The molecule has 0 saturated carbocycles. The van der Waals surface area contributed by atoms with Crippen LogP contribution in [0.4, 0.5) is 0 Å². The van der Waals surface area contributed by atoms with Crippen LogP contribution in [-0.4, -0.2) is 14.5 Å². The Morgan fingerprint density at radius 1 is 0.708 bits per heavy atom. The molecule has 0 N–H and O–H groups in total. The van der Waals surface area contributed by atoms with Crippen LogP contribution in [0.15, 0.2) is 85.1 Å². The number of benzene rings is 2. The summed E-state index contributed by atoms with van der Waals surface area (Å²) in [6, 6.07) is 26.6. The summed E-state index contributed by atoms with van der Waals surface area (Å²) in [5.41, 5.74) is 5.20. The number of pyridine rings is 1. The lowest BCUT2D eigenvalue weighted by atomic mass is 10.1. The Balaban J connectivity index is 1.99. The molecule has 4 rings (SSSR count). The molecule has 4 aromatic rings. The number of imidazole rings is 1. The van der Waals surface area contributed by atoms with Gasteiger partial charge in [-0.25, -0.2) is 4.98 Å². The highest BCUT2D eigenvalue weighted by Crippen LogP contribution is 2.34. The van der Waals surface area contributed by atoms with Gasteiger partial charge in [0.05, 0.1) is 11.4 Å². The average molecular weight is 311 g/mol. The van der Waals surface area contributed by atoms with Crippen LogP contribution in [0.2, 0.25) is 0 Å². The second-order valence-corrected chi connectivity index (χ2v) is 5.64. The summed E-state index contributed by atoms with van der Waals surface area (Å²) in [6.07, 6.45) is 1.80. The average Bonchev–Trinajstić information content (AvgIpc) is 3.01. The van der Waals surface area contributed by atoms with Gasteiger partial charge in [-0.3, -0.25) is 4.98 Å². The molecule has 3 nitrogen and oxygen atoms in total. The summed E-state index contributed by atoms with van der Waals surface area (Å²) in [4.78, 5) is 9.40. The maximum Gasteiger partial charge on any atom is 0.159 e. The maximum atomic E-state index is 4.93. The molecule has 0 radical (unpaired) electrons. The Labute approximate surface area is 141 Å². The number of hydrogen-bond donors (Lipinski definition) is 0. The van der Waals surface area contributed by atoms with Crippen molar-refractivity contribution in [3.63, 3.8) is 0 Å². The molecule has 24 heavy (non-hydrogen) atoms. The third kappa shape index (κ3) is 2.50. The zero-order valence-electron chi connectivity index (χ0n) is 13.4. The third-order valence-corrected chi connectivity index (χ3v) is 4.08. The van der Waals surface area contributed by atoms with Gasteiger partial charge in [0.1, 0.15) is 5.69 Å². The molecule has 0 aliphatic rings. The molecule has 0 unspecified atom stereocenters. The Bertz CT molecular complexity index is 943. The van der Waals surface area contributed by atoms with E-state index in [9.17, 15) is 0 Å². The molecule has 2 aromatic carbocycles. The van der Waals surface area contributed by atoms with Crippen molar-refractivity contribution in [3.8, 4) is 34.0 Å². The van der Waals surface area contributed by atoms with Crippen molar-refractivity contribution in [2.75, 3.05) is 0 Å². The van der Waals surface area contributed by atoms with Gasteiger partial charge in [0.15, 0.2) is 5.82 Å². The van der Waals surface area contributed by atoms with Crippen molar-refractivity contribution in [2.45, 2.75) is 0 Å². The first-order chi connectivity index (χ1) is 11.8. The molecule has 0 fully saturated rings. The summed E-state index contributed by atoms with van der Waals surface area (Å²) in [5.74, 6) is 0.869. The van der Waals surface area contributed by atoms with Gasteiger partial charge in [-0.1, -0.05) is 66.7 Å². The fraction of sp³-hybridized carbons (Fsp3) is 0.0476. The van der Waals surface area contributed by atoms with E-state index in [1.165, 1.54) is 0 Å². The standard InChI is InChI=1S/C21H17N3/c1-24-20(17-12-6-3-7-13-17)19(16-10-4-2-5-11-16)23-21(24)18-14-8-9-15-22-18/h2-15H,1H3. The van der Waals surface area contributed by atoms with E-state index in [1.807, 2.05) is 49.5 Å². The molecule has 0 bridgehead atoms. The number of nitrogens with zero attached hydrogens (tertiary/aromatic N) is 3. The van der Waals surface area contributed by atoms with Crippen molar-refractivity contribution >= 4 is 0 Å². The number of rotatable bonds is 3. The summed E-state index contributed by atoms with van der Waals surface area (Å²) >= 11 is 0. The minimum absolute atomic E-state index is 0.869. The van der Waals surface area contributed by atoms with Crippen LogP contribution in [0, 0.1) is 0 Å². The summed E-state index contributed by atoms with van der Waals surface area (Å²) in [6.45, 7) is 0. The molecule has 2 heterocycles. The van der Waals surface area contributed by atoms with Gasteiger partial charge >= 0.3 is 0 Å². The lowest BCUT2D eigenvalue weighted by Gasteiger charge is -2.07. The SMILES string of the molecule is Cn1c(-c2ccccn2)nc(-c2ccccc2)c1-c1ccccc1. The van der Waals surface area contributed by atoms with E-state index in [4.69, 9.17) is 4.98 Å². The molecular formula is C21H17N3. The van der Waals surface area contributed by atoms with Crippen LogP contribution < -0.4 is 0 Å². The lowest BCUT2D eigenvalue weighted by molar-refractivity contribution is 0.925. The first kappa shape index (κ1) is 14.4. The van der Waals surface area contributed by atoms with E-state index in [2.05, 4.69) is 45.9 Å². The zero-order valence-corrected chi connectivity index (χ0v) is 13.4. The summed E-state index contributed by atoms with van der Waals surface area (Å²) in [7, 11) is 2.05. The third-order valence-electron chi connectivity index (χ3n) is 4.08. The Morgan fingerprint density at radius 2 is 1.33 bits per heavy atom. The molecule has 0 atom stereocenters. The van der Waals surface area contributed by atoms with Crippen molar-refractivity contribution in [1.82, 2.24) is 14.5 Å². The van der Waals surface area contributed by atoms with Gasteiger partial charge in [-0.15, -0.1) is 0 Å². The lowest BCUT2D eigenvalue weighted by Crippen LogP contribution is -1.96. The largest absolute Gasteiger partial charge is 0.325 e. The van der Waals surface area contributed by atoms with E-state index in [1.54, 1.807) is 6.20 Å². The van der Waals surface area contributed by atoms with Gasteiger partial charge in [-0.05, 0) is 12.1 Å². The molecule has 0 aliphatic heterocycles. The van der Waals surface area contributed by atoms with Gasteiger partial charge in [0, 0.05) is 24.4 Å². The molecule has 0 saturated heterocycles. The van der Waals surface area contributed by atoms with E-state index < -0.39 is 0 Å². The van der Waals surface area contributed by atoms with Gasteiger partial charge < -0.3 is 4.57 Å². The second-order valence-electron chi connectivity index (χ2n) is 5.64. The first-order valence-electron chi connectivity index (χ1n) is 7.93. The van der Waals surface area contributed by atoms with E-state index >= 15 is 0 Å². The maximum absolute atomic E-state index is 4.93. The van der Waals surface area contributed by atoms with Crippen LogP contribution in [0.5, 0.6) is 0 Å². The van der Waals surface area contributed by atoms with Crippen molar-refractivity contribution < 1.29 is 0 Å². The van der Waals surface area contributed by atoms with Crippen LogP contribution in [0.25, 0.3) is 34.0 Å². The van der Waals surface area contributed by atoms with Gasteiger partial charge in [-0.2, -0.15) is 0 Å². The fourth-order valence-corrected chi connectivity index (χ4v) is 2.95. The van der Waals surface area contributed by atoms with Crippen molar-refractivity contribution in [3.05, 3.63) is 85.1 Å². The molecule has 0 amide bonds. The van der Waals surface area contributed by atoms with E-state index in [-0.39, 0.29) is 0 Å². The topological polar surface area (TPSA) is 30.7 Å². The van der Waals surface area contributed by atoms with E-state index in [0.717, 1.165) is 34.0 Å². The summed E-state index contributed by atoms with van der Waals surface area (Å²) in [5, 5.41) is 0. The predicted molar refractivity (Wildman–Crippen MR) is 97.3 cm³/mol. The minimum atomic E-state index is 0.869. The highest BCUT2D eigenvalue weighted by atomic mass is 15.1. The number of aromatic nitrogens is 3. The zero-order chi connectivity index (χ0) is 16.4. The molecule has 116 valence electrons. The Morgan fingerprint density at radius 3 is 1.96 bits per heavy atom. The smallest absolute Gasteiger partial charge is 0.159 e. The van der Waals surface area contributed by atoms with Crippen LogP contribution >= 0.6 is 0 Å². The Hall–Kier alpha value is -3.20.